The van der Waals surface area contributed by atoms with E-state index in [9.17, 15) is 32.9 Å². The van der Waals surface area contributed by atoms with Gasteiger partial charge in [-0.2, -0.15) is 4.31 Å². The van der Waals surface area contributed by atoms with Crippen molar-refractivity contribution in [3.05, 3.63) is 34.4 Å². The zero-order chi connectivity index (χ0) is 27.1. The Morgan fingerprint density at radius 2 is 1.60 bits per heavy atom. The second kappa shape index (κ2) is 12.6. The molecular formula is C22H34N4O8S. The normalized spacial score (nSPS) is 15.1. The second-order valence-electron chi connectivity index (χ2n) is 8.59. The number of rotatable bonds is 12. The number of nitrogens with zero attached hydrogens (tertiary/aromatic N) is 2. The standard InChI is InChI=1S/C22H34N4O8S/c1-8-14(4)19(25(6)35(32,33)17-11-9-16(10-12-17)26(30)31)21(28)23-15(5)20(27)24-18(13(2)3)22(29)34-7/h9-15,18-19H,8H2,1-7H3,(H,23,28)(H,24,27)/t14-,15+,18-,19-/m0/s1. The number of nitro groups is 1. The van der Waals surface area contributed by atoms with E-state index in [4.69, 9.17) is 4.74 Å². The van der Waals surface area contributed by atoms with E-state index in [1.807, 2.05) is 0 Å². The Morgan fingerprint density at radius 1 is 1.06 bits per heavy atom. The van der Waals surface area contributed by atoms with Crippen LogP contribution in [0, 0.1) is 22.0 Å². The number of non-ortho nitro benzene ring substituents is 1. The summed E-state index contributed by atoms with van der Waals surface area (Å²) in [6, 6.07) is 1.18. The molecule has 35 heavy (non-hydrogen) atoms. The van der Waals surface area contributed by atoms with E-state index in [0.29, 0.717) is 6.42 Å². The largest absolute Gasteiger partial charge is 0.467 e. The van der Waals surface area contributed by atoms with Gasteiger partial charge in [0.25, 0.3) is 5.69 Å². The molecule has 1 aromatic rings. The van der Waals surface area contributed by atoms with Crippen LogP contribution >= 0.6 is 0 Å². The lowest BCUT2D eigenvalue weighted by atomic mass is 9.98. The van der Waals surface area contributed by atoms with Crippen LogP contribution in [0.2, 0.25) is 0 Å². The molecule has 0 bridgehead atoms. The number of sulfonamides is 1. The molecule has 0 unspecified atom stereocenters. The maximum Gasteiger partial charge on any atom is 0.328 e. The number of methoxy groups -OCH3 is 1. The van der Waals surface area contributed by atoms with Crippen LogP contribution in [0.5, 0.6) is 0 Å². The number of likely N-dealkylation sites (N-methyl/N-ethyl adjacent to an activating group) is 1. The Morgan fingerprint density at radius 3 is 2.03 bits per heavy atom. The molecule has 0 saturated carbocycles. The number of ether oxygens (including phenoxy) is 1. The predicted octanol–water partition coefficient (Wildman–Crippen LogP) is 1.45. The van der Waals surface area contributed by atoms with Gasteiger partial charge in [-0.1, -0.05) is 34.1 Å². The number of hydrogen-bond acceptors (Lipinski definition) is 8. The molecule has 12 nitrogen and oxygen atoms in total. The fourth-order valence-corrected chi connectivity index (χ4v) is 4.74. The molecule has 0 spiro atoms. The Bertz CT molecular complexity index is 1030. The van der Waals surface area contributed by atoms with Crippen molar-refractivity contribution in [3.63, 3.8) is 0 Å². The van der Waals surface area contributed by atoms with E-state index < -0.39 is 56.8 Å². The number of carbonyl (C=O) groups excluding carboxylic acids is 3. The van der Waals surface area contributed by atoms with Crippen LogP contribution < -0.4 is 10.6 Å². The minimum atomic E-state index is -4.19. The average Bonchev–Trinajstić information content (AvgIpc) is 2.81. The van der Waals surface area contributed by atoms with Crippen molar-refractivity contribution in [2.75, 3.05) is 14.2 Å². The SMILES string of the molecule is CC[C@H](C)[C@@H](C(=O)N[C@H](C)C(=O)N[C@H](C(=O)OC)C(C)C)N(C)S(=O)(=O)c1ccc([N+](=O)[O-])cc1. The highest BCUT2D eigenvalue weighted by molar-refractivity contribution is 7.89. The summed E-state index contributed by atoms with van der Waals surface area (Å²) in [4.78, 5) is 47.7. The highest BCUT2D eigenvalue weighted by Crippen LogP contribution is 2.24. The van der Waals surface area contributed by atoms with E-state index in [0.717, 1.165) is 28.6 Å². The molecule has 0 aliphatic rings. The summed E-state index contributed by atoms with van der Waals surface area (Å²) in [5.74, 6) is -2.65. The van der Waals surface area contributed by atoms with Crippen LogP contribution in [-0.2, 0) is 29.1 Å². The van der Waals surface area contributed by atoms with Crippen LogP contribution in [0.25, 0.3) is 0 Å². The van der Waals surface area contributed by atoms with E-state index in [-0.39, 0.29) is 16.5 Å². The monoisotopic (exact) mass is 514 g/mol. The summed E-state index contributed by atoms with van der Waals surface area (Å²) in [7, 11) is -1.75. The molecule has 0 fully saturated rings. The first kappa shape index (κ1) is 30.0. The quantitative estimate of drug-likeness (QED) is 0.240. The first-order chi connectivity index (χ1) is 16.2. The van der Waals surface area contributed by atoms with Crippen molar-refractivity contribution in [1.29, 1.82) is 0 Å². The summed E-state index contributed by atoms with van der Waals surface area (Å²) in [5.41, 5.74) is -0.269. The van der Waals surface area contributed by atoms with Gasteiger partial charge < -0.3 is 15.4 Å². The molecule has 0 aromatic heterocycles. The van der Waals surface area contributed by atoms with Gasteiger partial charge in [0.2, 0.25) is 21.8 Å². The minimum Gasteiger partial charge on any atom is -0.467 e. The number of amides is 2. The predicted molar refractivity (Wildman–Crippen MR) is 128 cm³/mol. The van der Waals surface area contributed by atoms with Crippen molar-refractivity contribution < 1.29 is 32.5 Å². The Labute approximate surface area is 205 Å². The summed E-state index contributed by atoms with van der Waals surface area (Å²) in [6.45, 7) is 8.35. The lowest BCUT2D eigenvalue weighted by molar-refractivity contribution is -0.384. The van der Waals surface area contributed by atoms with Crippen LogP contribution in [0.3, 0.4) is 0 Å². The van der Waals surface area contributed by atoms with E-state index in [1.54, 1.807) is 27.7 Å². The molecule has 1 aromatic carbocycles. The number of benzene rings is 1. The van der Waals surface area contributed by atoms with Crippen molar-refractivity contribution >= 4 is 33.5 Å². The van der Waals surface area contributed by atoms with Gasteiger partial charge in [-0.25, -0.2) is 13.2 Å². The molecular weight excluding hydrogens is 480 g/mol. The first-order valence-corrected chi connectivity index (χ1v) is 12.5. The van der Waals surface area contributed by atoms with Gasteiger partial charge in [0, 0.05) is 19.2 Å². The smallest absolute Gasteiger partial charge is 0.328 e. The summed E-state index contributed by atoms with van der Waals surface area (Å²) >= 11 is 0. The van der Waals surface area contributed by atoms with Crippen molar-refractivity contribution in [2.24, 2.45) is 11.8 Å². The van der Waals surface area contributed by atoms with Crippen LogP contribution in [-0.4, -0.2) is 67.7 Å². The van der Waals surface area contributed by atoms with Crippen molar-refractivity contribution in [3.8, 4) is 0 Å². The topological polar surface area (TPSA) is 165 Å². The highest BCUT2D eigenvalue weighted by atomic mass is 32.2. The molecule has 13 heteroatoms. The number of nitro benzene ring substituents is 1. The number of carbonyl (C=O) groups is 3. The average molecular weight is 515 g/mol. The molecule has 0 aliphatic heterocycles. The molecule has 2 N–H and O–H groups in total. The van der Waals surface area contributed by atoms with Gasteiger partial charge >= 0.3 is 5.97 Å². The molecule has 2 amide bonds. The number of nitrogens with one attached hydrogen (secondary N) is 2. The Hall–Kier alpha value is -3.06. The van der Waals surface area contributed by atoms with Gasteiger partial charge in [0.1, 0.15) is 18.1 Å². The highest BCUT2D eigenvalue weighted by Gasteiger charge is 2.37. The maximum atomic E-state index is 13.2. The Balaban J connectivity index is 3.13. The second-order valence-corrected chi connectivity index (χ2v) is 10.6. The molecule has 196 valence electrons. The van der Waals surface area contributed by atoms with Crippen molar-refractivity contribution in [2.45, 2.75) is 64.1 Å². The molecule has 0 radical (unpaired) electrons. The maximum absolute atomic E-state index is 13.2. The molecule has 4 atom stereocenters. The summed E-state index contributed by atoms with van der Waals surface area (Å²) in [6.07, 6.45) is 0.455. The Kier molecular flexibility index (Phi) is 10.8. The minimum absolute atomic E-state index is 0.213. The van der Waals surface area contributed by atoms with E-state index >= 15 is 0 Å². The third kappa shape index (κ3) is 7.46. The molecule has 0 heterocycles. The van der Waals surface area contributed by atoms with Crippen LogP contribution in [0.15, 0.2) is 29.2 Å². The first-order valence-electron chi connectivity index (χ1n) is 11.1. The molecule has 0 saturated heterocycles. The van der Waals surface area contributed by atoms with Gasteiger partial charge in [0.15, 0.2) is 0 Å². The fraction of sp³-hybridized carbons (Fsp3) is 0.591. The molecule has 0 aliphatic carbocycles. The van der Waals surface area contributed by atoms with Gasteiger partial charge in [-0.05, 0) is 30.9 Å². The third-order valence-electron chi connectivity index (χ3n) is 5.74. The zero-order valence-electron chi connectivity index (χ0n) is 21.0. The number of esters is 1. The summed E-state index contributed by atoms with van der Waals surface area (Å²) in [5, 5.41) is 15.9. The van der Waals surface area contributed by atoms with E-state index in [2.05, 4.69) is 10.6 Å². The van der Waals surface area contributed by atoms with Gasteiger partial charge in [0.05, 0.1) is 16.9 Å². The summed E-state index contributed by atoms with van der Waals surface area (Å²) < 4.78 is 31.9. The van der Waals surface area contributed by atoms with E-state index in [1.165, 1.54) is 21.1 Å². The van der Waals surface area contributed by atoms with Gasteiger partial charge in [-0.3, -0.25) is 19.7 Å². The fourth-order valence-electron chi connectivity index (χ4n) is 3.33. The number of hydrogen-bond donors (Lipinski definition) is 2. The zero-order valence-corrected chi connectivity index (χ0v) is 21.8. The van der Waals surface area contributed by atoms with Crippen LogP contribution in [0.4, 0.5) is 5.69 Å². The van der Waals surface area contributed by atoms with Crippen LogP contribution in [0.1, 0.15) is 41.0 Å². The third-order valence-corrected chi connectivity index (χ3v) is 7.59. The lowest BCUT2D eigenvalue weighted by Gasteiger charge is -2.31. The lowest BCUT2D eigenvalue weighted by Crippen LogP contribution is -2.57. The van der Waals surface area contributed by atoms with Gasteiger partial charge in [-0.15, -0.1) is 0 Å². The molecule has 1 rings (SSSR count). The van der Waals surface area contributed by atoms with Crippen molar-refractivity contribution in [1.82, 2.24) is 14.9 Å².